The van der Waals surface area contributed by atoms with Gasteiger partial charge in [0.25, 0.3) is 0 Å². The molecule has 106 valence electrons. The molecule has 0 aliphatic carbocycles. The minimum absolute atomic E-state index is 0.0961. The standard InChI is InChI=1S/C14H10Br2ClFO2/c1-20-13-4-7(15)2-3-8(13)14(19)9-5-11(17)10(16)6-12(9)18/h2-6,14,19H,1H3. The van der Waals surface area contributed by atoms with E-state index < -0.39 is 11.9 Å². The molecule has 0 saturated heterocycles. The van der Waals surface area contributed by atoms with Gasteiger partial charge in [-0.15, -0.1) is 0 Å². The van der Waals surface area contributed by atoms with Gasteiger partial charge in [-0.1, -0.05) is 33.6 Å². The molecule has 2 nitrogen and oxygen atoms in total. The zero-order chi connectivity index (χ0) is 14.9. The Hall–Kier alpha value is -0.620. The molecule has 2 aromatic rings. The van der Waals surface area contributed by atoms with Gasteiger partial charge in [-0.2, -0.15) is 0 Å². The summed E-state index contributed by atoms with van der Waals surface area (Å²) in [6, 6.07) is 7.75. The van der Waals surface area contributed by atoms with Crippen LogP contribution in [0.2, 0.25) is 5.02 Å². The van der Waals surface area contributed by atoms with Crippen molar-refractivity contribution in [2.75, 3.05) is 7.11 Å². The number of ether oxygens (including phenoxy) is 1. The van der Waals surface area contributed by atoms with Crippen LogP contribution in [0.3, 0.4) is 0 Å². The highest BCUT2D eigenvalue weighted by atomic mass is 79.9. The summed E-state index contributed by atoms with van der Waals surface area (Å²) >= 11 is 12.4. The molecular weight excluding hydrogens is 414 g/mol. The second kappa shape index (κ2) is 6.43. The maximum Gasteiger partial charge on any atom is 0.130 e. The van der Waals surface area contributed by atoms with Gasteiger partial charge < -0.3 is 9.84 Å². The van der Waals surface area contributed by atoms with Gasteiger partial charge in [0.05, 0.1) is 12.1 Å². The van der Waals surface area contributed by atoms with Crippen LogP contribution < -0.4 is 4.74 Å². The molecule has 0 bridgehead atoms. The Morgan fingerprint density at radius 2 is 1.90 bits per heavy atom. The van der Waals surface area contributed by atoms with Crippen LogP contribution in [0, 0.1) is 5.82 Å². The second-order valence-electron chi connectivity index (χ2n) is 4.08. The second-order valence-corrected chi connectivity index (χ2v) is 6.25. The number of aliphatic hydroxyl groups excluding tert-OH is 1. The number of methoxy groups -OCH3 is 1. The molecule has 0 amide bonds. The fraction of sp³-hybridized carbons (Fsp3) is 0.143. The molecule has 20 heavy (non-hydrogen) atoms. The lowest BCUT2D eigenvalue weighted by Crippen LogP contribution is -2.05. The summed E-state index contributed by atoms with van der Waals surface area (Å²) in [4.78, 5) is 0. The van der Waals surface area contributed by atoms with Crippen LogP contribution in [0.5, 0.6) is 5.75 Å². The van der Waals surface area contributed by atoms with Crippen LogP contribution >= 0.6 is 43.5 Å². The summed E-state index contributed by atoms with van der Waals surface area (Å²) in [6.07, 6.45) is -1.16. The number of hydrogen-bond acceptors (Lipinski definition) is 2. The average Bonchev–Trinajstić information content (AvgIpc) is 2.42. The van der Waals surface area contributed by atoms with Gasteiger partial charge in [-0.25, -0.2) is 4.39 Å². The quantitative estimate of drug-likeness (QED) is 0.695. The smallest absolute Gasteiger partial charge is 0.130 e. The van der Waals surface area contributed by atoms with E-state index in [1.807, 2.05) is 0 Å². The summed E-state index contributed by atoms with van der Waals surface area (Å²) in [5, 5.41) is 10.7. The van der Waals surface area contributed by atoms with Crippen molar-refractivity contribution in [3.63, 3.8) is 0 Å². The number of benzene rings is 2. The predicted molar refractivity (Wildman–Crippen MR) is 83.9 cm³/mol. The first-order chi connectivity index (χ1) is 9.43. The van der Waals surface area contributed by atoms with Crippen molar-refractivity contribution in [3.05, 3.63) is 61.2 Å². The first-order valence-corrected chi connectivity index (χ1v) is 7.56. The van der Waals surface area contributed by atoms with Gasteiger partial charge in [0, 0.05) is 20.1 Å². The summed E-state index contributed by atoms with van der Waals surface area (Å²) in [5.41, 5.74) is 0.562. The third kappa shape index (κ3) is 3.17. The molecule has 0 heterocycles. The number of aliphatic hydroxyl groups is 1. The van der Waals surface area contributed by atoms with Crippen LogP contribution in [-0.4, -0.2) is 12.2 Å². The minimum Gasteiger partial charge on any atom is -0.496 e. The lowest BCUT2D eigenvalue weighted by molar-refractivity contribution is 0.209. The monoisotopic (exact) mass is 422 g/mol. The van der Waals surface area contributed by atoms with Gasteiger partial charge in [0.2, 0.25) is 0 Å². The molecule has 0 saturated carbocycles. The lowest BCUT2D eigenvalue weighted by atomic mass is 10.0. The number of rotatable bonds is 3. The van der Waals surface area contributed by atoms with Crippen molar-refractivity contribution in [1.29, 1.82) is 0 Å². The third-order valence-electron chi connectivity index (χ3n) is 2.82. The molecule has 0 fully saturated rings. The van der Waals surface area contributed by atoms with Crippen molar-refractivity contribution in [1.82, 2.24) is 0 Å². The van der Waals surface area contributed by atoms with E-state index in [1.165, 1.54) is 19.2 Å². The summed E-state index contributed by atoms with van der Waals surface area (Å²) < 4.78 is 20.4. The van der Waals surface area contributed by atoms with Gasteiger partial charge in [-0.3, -0.25) is 0 Å². The number of halogens is 4. The normalized spacial score (nSPS) is 12.3. The molecule has 0 aliphatic rings. The van der Waals surface area contributed by atoms with Gasteiger partial charge in [0.15, 0.2) is 0 Å². The molecular formula is C14H10Br2ClFO2. The third-order valence-corrected chi connectivity index (χ3v) is 4.51. The van der Waals surface area contributed by atoms with E-state index in [2.05, 4.69) is 31.9 Å². The van der Waals surface area contributed by atoms with Gasteiger partial charge in [0.1, 0.15) is 17.7 Å². The van der Waals surface area contributed by atoms with E-state index in [9.17, 15) is 9.50 Å². The Bertz CT molecular complexity index is 649. The molecule has 0 aliphatic heterocycles. The molecule has 6 heteroatoms. The van der Waals surface area contributed by atoms with E-state index in [0.717, 1.165) is 4.47 Å². The fourth-order valence-electron chi connectivity index (χ4n) is 1.83. The van der Waals surface area contributed by atoms with Crippen molar-refractivity contribution >= 4 is 43.5 Å². The van der Waals surface area contributed by atoms with Crippen molar-refractivity contribution in [3.8, 4) is 5.75 Å². The maximum atomic E-state index is 14.0. The first kappa shape index (κ1) is 15.8. The Morgan fingerprint density at radius 3 is 2.55 bits per heavy atom. The van der Waals surface area contributed by atoms with E-state index >= 15 is 0 Å². The molecule has 0 spiro atoms. The highest BCUT2D eigenvalue weighted by molar-refractivity contribution is 9.10. The maximum absolute atomic E-state index is 14.0. The SMILES string of the molecule is COc1cc(Br)ccc1C(O)c1cc(Cl)c(Br)cc1F. The van der Waals surface area contributed by atoms with Gasteiger partial charge in [-0.05, 0) is 40.2 Å². The van der Waals surface area contributed by atoms with Crippen LogP contribution in [0.15, 0.2) is 39.3 Å². The summed E-state index contributed by atoms with van der Waals surface area (Å²) in [5.74, 6) is -0.0796. The predicted octanol–water partition coefficient (Wildman–Crippen LogP) is 5.09. The summed E-state index contributed by atoms with van der Waals surface area (Å²) in [7, 11) is 1.49. The highest BCUT2D eigenvalue weighted by Gasteiger charge is 2.20. The van der Waals surface area contributed by atoms with Crippen molar-refractivity contribution < 1.29 is 14.2 Å². The molecule has 1 unspecified atom stereocenters. The van der Waals surface area contributed by atoms with E-state index in [0.29, 0.717) is 20.8 Å². The van der Waals surface area contributed by atoms with Crippen LogP contribution in [0.4, 0.5) is 4.39 Å². The first-order valence-electron chi connectivity index (χ1n) is 5.60. The molecule has 1 atom stereocenters. The van der Waals surface area contributed by atoms with Crippen molar-refractivity contribution in [2.45, 2.75) is 6.10 Å². The zero-order valence-electron chi connectivity index (χ0n) is 10.3. The largest absolute Gasteiger partial charge is 0.496 e. The van der Waals surface area contributed by atoms with Crippen LogP contribution in [0.1, 0.15) is 17.2 Å². The Balaban J connectivity index is 2.51. The molecule has 0 aromatic heterocycles. The average molecular weight is 424 g/mol. The minimum atomic E-state index is -1.16. The van der Waals surface area contributed by atoms with E-state index in [-0.39, 0.29) is 5.56 Å². The fourth-order valence-corrected chi connectivity index (χ4v) is 2.65. The molecule has 1 N–H and O–H groups in total. The topological polar surface area (TPSA) is 29.5 Å². The summed E-state index contributed by atoms with van der Waals surface area (Å²) in [6.45, 7) is 0. The number of hydrogen-bond donors (Lipinski definition) is 1. The van der Waals surface area contributed by atoms with Gasteiger partial charge >= 0.3 is 0 Å². The highest BCUT2D eigenvalue weighted by Crippen LogP contribution is 2.36. The molecule has 0 radical (unpaired) electrons. The molecule has 2 rings (SSSR count). The van der Waals surface area contributed by atoms with Crippen LogP contribution in [-0.2, 0) is 0 Å². The lowest BCUT2D eigenvalue weighted by Gasteiger charge is -2.16. The molecule has 2 aromatic carbocycles. The zero-order valence-corrected chi connectivity index (χ0v) is 14.3. The van der Waals surface area contributed by atoms with Crippen molar-refractivity contribution in [2.24, 2.45) is 0 Å². The Morgan fingerprint density at radius 1 is 1.20 bits per heavy atom. The Labute approximate surface area is 137 Å². The van der Waals surface area contributed by atoms with E-state index in [1.54, 1.807) is 18.2 Å². The Kier molecular flexibility index (Phi) is 5.07. The van der Waals surface area contributed by atoms with E-state index in [4.69, 9.17) is 16.3 Å². The van der Waals surface area contributed by atoms with Crippen LogP contribution in [0.25, 0.3) is 0 Å².